The quantitative estimate of drug-likeness (QED) is 0.490. The summed E-state index contributed by atoms with van der Waals surface area (Å²) in [6.45, 7) is 1.78. The number of ether oxygens (including phenoxy) is 1. The van der Waals surface area contributed by atoms with Crippen molar-refractivity contribution in [2.24, 2.45) is 5.92 Å². The molecule has 1 unspecified atom stereocenters. The molecule has 1 amide bonds. The molecule has 1 aliphatic rings. The van der Waals surface area contributed by atoms with Gasteiger partial charge in [0.15, 0.2) is 11.0 Å². The fourth-order valence-electron chi connectivity index (χ4n) is 3.47. The molecule has 0 radical (unpaired) electrons. The van der Waals surface area contributed by atoms with Gasteiger partial charge in [0.25, 0.3) is 0 Å². The maximum Gasteiger partial charge on any atom is 0.231 e. The van der Waals surface area contributed by atoms with E-state index in [0.717, 1.165) is 24.1 Å². The van der Waals surface area contributed by atoms with Crippen molar-refractivity contribution in [3.8, 4) is 28.9 Å². The van der Waals surface area contributed by atoms with Crippen LogP contribution in [-0.4, -0.2) is 39.1 Å². The van der Waals surface area contributed by atoms with Gasteiger partial charge in [-0.3, -0.25) is 9.36 Å². The number of halogens is 1. The van der Waals surface area contributed by atoms with Gasteiger partial charge in [-0.15, -0.1) is 10.2 Å². The number of thioether (sulfide) groups is 1. The highest BCUT2D eigenvalue weighted by Crippen LogP contribution is 2.39. The van der Waals surface area contributed by atoms with Crippen molar-refractivity contribution in [2.45, 2.75) is 30.5 Å². The Bertz CT molecular complexity index is 1170. The second-order valence-electron chi connectivity index (χ2n) is 7.78. The highest BCUT2D eigenvalue weighted by molar-refractivity contribution is 7.99. The molecule has 2 aromatic carbocycles. The van der Waals surface area contributed by atoms with Crippen molar-refractivity contribution in [3.05, 3.63) is 53.6 Å². The summed E-state index contributed by atoms with van der Waals surface area (Å²) in [5, 5.41) is 22.3. The third kappa shape index (κ3) is 4.74. The molecule has 0 saturated heterocycles. The molecule has 3 aromatic rings. The van der Waals surface area contributed by atoms with E-state index >= 15 is 0 Å². The Morgan fingerprint density at radius 2 is 2.06 bits per heavy atom. The molecule has 7 nitrogen and oxygen atoms in total. The molecule has 9 heteroatoms. The third-order valence-electron chi connectivity index (χ3n) is 5.40. The van der Waals surface area contributed by atoms with E-state index in [4.69, 9.17) is 16.3 Å². The van der Waals surface area contributed by atoms with Crippen LogP contribution in [0.25, 0.3) is 17.1 Å². The molecule has 1 aromatic heterocycles. The van der Waals surface area contributed by atoms with Crippen molar-refractivity contribution in [3.63, 3.8) is 0 Å². The van der Waals surface area contributed by atoms with Crippen LogP contribution in [0, 0.1) is 17.2 Å². The van der Waals surface area contributed by atoms with E-state index in [2.05, 4.69) is 21.6 Å². The predicted molar refractivity (Wildman–Crippen MR) is 124 cm³/mol. The normalized spacial score (nSPS) is 14.9. The van der Waals surface area contributed by atoms with Crippen LogP contribution in [0.5, 0.6) is 5.75 Å². The number of rotatable bonds is 8. The SMILES string of the molecule is COc1cccc(-c2nnc(SCC(=O)NC(C)(C#N)C3CC3)n2-c2ccc(Cl)cc2)c1. The van der Waals surface area contributed by atoms with Crippen LogP contribution in [-0.2, 0) is 4.79 Å². The second-order valence-corrected chi connectivity index (χ2v) is 9.15. The molecule has 0 aliphatic heterocycles. The monoisotopic (exact) mass is 467 g/mol. The first kappa shape index (κ1) is 22.2. The van der Waals surface area contributed by atoms with Crippen LogP contribution in [0.2, 0.25) is 5.02 Å². The summed E-state index contributed by atoms with van der Waals surface area (Å²) in [7, 11) is 1.61. The molecule has 1 saturated carbocycles. The first-order chi connectivity index (χ1) is 15.4. The largest absolute Gasteiger partial charge is 0.497 e. The van der Waals surface area contributed by atoms with Gasteiger partial charge >= 0.3 is 0 Å². The molecule has 164 valence electrons. The highest BCUT2D eigenvalue weighted by Gasteiger charge is 2.43. The van der Waals surface area contributed by atoms with Gasteiger partial charge in [0.2, 0.25) is 5.91 Å². The molecule has 1 fully saturated rings. The Hall–Kier alpha value is -3.02. The summed E-state index contributed by atoms with van der Waals surface area (Å²) in [6.07, 6.45) is 1.93. The molecule has 0 spiro atoms. The van der Waals surface area contributed by atoms with Gasteiger partial charge in [0.05, 0.1) is 18.9 Å². The van der Waals surface area contributed by atoms with E-state index in [-0.39, 0.29) is 17.6 Å². The second kappa shape index (κ2) is 9.23. The summed E-state index contributed by atoms with van der Waals surface area (Å²) in [5.74, 6) is 1.46. The number of benzene rings is 2. The minimum atomic E-state index is -0.826. The molecular formula is C23H22ClN5O2S. The minimum Gasteiger partial charge on any atom is -0.497 e. The number of methoxy groups -OCH3 is 1. The van der Waals surface area contributed by atoms with E-state index in [1.165, 1.54) is 11.8 Å². The van der Waals surface area contributed by atoms with Crippen molar-refractivity contribution < 1.29 is 9.53 Å². The van der Waals surface area contributed by atoms with Crippen LogP contribution in [0.4, 0.5) is 0 Å². The topological polar surface area (TPSA) is 92.8 Å². The Morgan fingerprint density at radius 3 is 2.72 bits per heavy atom. The maximum absolute atomic E-state index is 12.6. The number of nitrogens with zero attached hydrogens (tertiary/aromatic N) is 4. The molecule has 1 atom stereocenters. The first-order valence-electron chi connectivity index (χ1n) is 10.1. The van der Waals surface area contributed by atoms with Gasteiger partial charge in [0.1, 0.15) is 11.3 Å². The van der Waals surface area contributed by atoms with E-state index < -0.39 is 5.54 Å². The van der Waals surface area contributed by atoms with Gasteiger partial charge in [-0.05, 0) is 62.1 Å². The van der Waals surface area contributed by atoms with E-state index in [9.17, 15) is 10.1 Å². The third-order valence-corrected chi connectivity index (χ3v) is 6.58. The summed E-state index contributed by atoms with van der Waals surface area (Å²) in [5.41, 5.74) is 0.821. The number of hydrogen-bond donors (Lipinski definition) is 1. The number of nitrogens with one attached hydrogen (secondary N) is 1. The highest BCUT2D eigenvalue weighted by atomic mass is 35.5. The lowest BCUT2D eigenvalue weighted by molar-refractivity contribution is -0.119. The molecule has 1 aliphatic carbocycles. The van der Waals surface area contributed by atoms with Gasteiger partial charge in [-0.2, -0.15) is 5.26 Å². The van der Waals surface area contributed by atoms with Crippen LogP contribution < -0.4 is 10.1 Å². The zero-order valence-corrected chi connectivity index (χ0v) is 19.3. The average Bonchev–Trinajstić information content (AvgIpc) is 3.59. The number of hydrogen-bond acceptors (Lipinski definition) is 6. The summed E-state index contributed by atoms with van der Waals surface area (Å²) >= 11 is 7.34. The summed E-state index contributed by atoms with van der Waals surface area (Å²) in [6, 6.07) is 17.1. The number of aromatic nitrogens is 3. The number of carbonyl (C=O) groups excluding carboxylic acids is 1. The van der Waals surface area contributed by atoms with Crippen LogP contribution in [0.3, 0.4) is 0 Å². The van der Waals surface area contributed by atoms with Gasteiger partial charge < -0.3 is 10.1 Å². The lowest BCUT2D eigenvalue weighted by Gasteiger charge is -2.22. The summed E-state index contributed by atoms with van der Waals surface area (Å²) < 4.78 is 7.23. The Labute approximate surface area is 195 Å². The van der Waals surface area contributed by atoms with Crippen molar-refractivity contribution >= 4 is 29.3 Å². The fourth-order valence-corrected chi connectivity index (χ4v) is 4.35. The van der Waals surface area contributed by atoms with E-state index in [1.54, 1.807) is 26.2 Å². The first-order valence-corrected chi connectivity index (χ1v) is 11.5. The zero-order chi connectivity index (χ0) is 22.7. The molecule has 0 bridgehead atoms. The summed E-state index contributed by atoms with van der Waals surface area (Å²) in [4.78, 5) is 12.6. The van der Waals surface area contributed by atoms with Crippen LogP contribution >= 0.6 is 23.4 Å². The zero-order valence-electron chi connectivity index (χ0n) is 17.7. The van der Waals surface area contributed by atoms with E-state index in [1.807, 2.05) is 41.0 Å². The lowest BCUT2D eigenvalue weighted by atomic mass is 9.98. The van der Waals surface area contributed by atoms with Crippen molar-refractivity contribution in [2.75, 3.05) is 12.9 Å². The average molecular weight is 468 g/mol. The molecule has 4 rings (SSSR count). The van der Waals surface area contributed by atoms with E-state index in [0.29, 0.717) is 21.8 Å². The number of nitriles is 1. The Morgan fingerprint density at radius 1 is 1.31 bits per heavy atom. The van der Waals surface area contributed by atoms with Crippen molar-refractivity contribution in [1.29, 1.82) is 5.26 Å². The smallest absolute Gasteiger partial charge is 0.231 e. The molecule has 1 heterocycles. The standard InChI is InChI=1S/C23H22ClN5O2S/c1-23(14-25,16-6-7-16)26-20(30)13-32-22-28-27-21(15-4-3-5-19(12-15)31-2)29(22)18-10-8-17(24)9-11-18/h3-5,8-12,16H,6-7,13H2,1-2H3,(H,26,30). The van der Waals surface area contributed by atoms with Crippen molar-refractivity contribution in [1.82, 2.24) is 20.1 Å². The van der Waals surface area contributed by atoms with Gasteiger partial charge in [-0.1, -0.05) is 35.5 Å². The number of carbonyl (C=O) groups is 1. The molecule has 32 heavy (non-hydrogen) atoms. The van der Waals surface area contributed by atoms with Crippen LogP contribution in [0.15, 0.2) is 53.7 Å². The lowest BCUT2D eigenvalue weighted by Crippen LogP contribution is -2.47. The fraction of sp³-hybridized carbons (Fsp3) is 0.304. The maximum atomic E-state index is 12.6. The molecular weight excluding hydrogens is 446 g/mol. The Kier molecular flexibility index (Phi) is 6.40. The number of amides is 1. The minimum absolute atomic E-state index is 0.119. The van der Waals surface area contributed by atoms with Crippen LogP contribution in [0.1, 0.15) is 19.8 Å². The Balaban J connectivity index is 1.62. The predicted octanol–water partition coefficient (Wildman–Crippen LogP) is 4.50. The van der Waals surface area contributed by atoms with Gasteiger partial charge in [0, 0.05) is 16.3 Å². The molecule has 1 N–H and O–H groups in total. The van der Waals surface area contributed by atoms with Gasteiger partial charge in [-0.25, -0.2) is 0 Å².